The van der Waals surface area contributed by atoms with E-state index in [9.17, 15) is 0 Å². The number of hydrogen-bond acceptors (Lipinski definition) is 1. The first-order valence-corrected chi connectivity index (χ1v) is 7.40. The van der Waals surface area contributed by atoms with Crippen molar-refractivity contribution >= 4 is 47.2 Å². The number of aliphatic imine (C=N–C) groups is 1. The quantitative estimate of drug-likeness (QED) is 0.315. The molecule has 0 aliphatic heterocycles. The smallest absolute Gasteiger partial charge is 0.193 e. The number of aryl methyl sites for hydroxylation is 2. The van der Waals surface area contributed by atoms with Gasteiger partial charge >= 0.3 is 0 Å². The SMILES string of the molecule is Cc1ccc(NC(N)=NCCCc2ccccc2Cl)cc1.I. The topological polar surface area (TPSA) is 50.4 Å². The first-order valence-electron chi connectivity index (χ1n) is 7.02. The van der Waals surface area contributed by atoms with Crippen molar-refractivity contribution in [2.75, 3.05) is 11.9 Å². The van der Waals surface area contributed by atoms with Crippen LogP contribution in [0.3, 0.4) is 0 Å². The van der Waals surface area contributed by atoms with Gasteiger partial charge in [-0.3, -0.25) is 4.99 Å². The van der Waals surface area contributed by atoms with E-state index in [0.29, 0.717) is 12.5 Å². The monoisotopic (exact) mass is 429 g/mol. The third-order valence-electron chi connectivity index (χ3n) is 3.17. The average Bonchev–Trinajstić information content (AvgIpc) is 2.48. The highest BCUT2D eigenvalue weighted by molar-refractivity contribution is 14.0. The van der Waals surface area contributed by atoms with Crippen LogP contribution in [0, 0.1) is 6.92 Å². The Labute approximate surface area is 154 Å². The molecule has 2 aromatic rings. The predicted molar refractivity (Wildman–Crippen MR) is 106 cm³/mol. The molecule has 0 bridgehead atoms. The number of nitrogens with two attached hydrogens (primary N) is 1. The van der Waals surface area contributed by atoms with E-state index in [1.165, 1.54) is 5.56 Å². The van der Waals surface area contributed by atoms with Crippen molar-refractivity contribution in [3.05, 3.63) is 64.7 Å². The van der Waals surface area contributed by atoms with Crippen LogP contribution in [-0.4, -0.2) is 12.5 Å². The van der Waals surface area contributed by atoms with Crippen LogP contribution < -0.4 is 11.1 Å². The highest BCUT2D eigenvalue weighted by atomic mass is 127. The molecule has 0 aliphatic carbocycles. The van der Waals surface area contributed by atoms with Gasteiger partial charge < -0.3 is 11.1 Å². The lowest BCUT2D eigenvalue weighted by molar-refractivity contribution is 0.832. The summed E-state index contributed by atoms with van der Waals surface area (Å²) in [6.07, 6.45) is 1.82. The van der Waals surface area contributed by atoms with E-state index in [-0.39, 0.29) is 24.0 Å². The molecule has 0 radical (unpaired) electrons. The molecule has 0 atom stereocenters. The van der Waals surface area contributed by atoms with Gasteiger partial charge in [-0.25, -0.2) is 0 Å². The Bertz CT molecular complexity index is 612. The van der Waals surface area contributed by atoms with Gasteiger partial charge in [0.15, 0.2) is 5.96 Å². The number of hydrogen-bond donors (Lipinski definition) is 2. The maximum Gasteiger partial charge on any atom is 0.193 e. The highest BCUT2D eigenvalue weighted by Crippen LogP contribution is 2.16. The molecule has 3 nitrogen and oxygen atoms in total. The van der Waals surface area contributed by atoms with Crippen LogP contribution in [-0.2, 0) is 6.42 Å². The highest BCUT2D eigenvalue weighted by Gasteiger charge is 1.99. The molecule has 22 heavy (non-hydrogen) atoms. The zero-order chi connectivity index (χ0) is 15.1. The summed E-state index contributed by atoms with van der Waals surface area (Å²) in [6.45, 7) is 2.73. The molecule has 118 valence electrons. The first kappa shape index (κ1) is 18.8. The number of anilines is 1. The lowest BCUT2D eigenvalue weighted by Gasteiger charge is -2.06. The van der Waals surface area contributed by atoms with E-state index < -0.39 is 0 Å². The molecule has 0 fully saturated rings. The van der Waals surface area contributed by atoms with Crippen molar-refractivity contribution in [2.45, 2.75) is 19.8 Å². The van der Waals surface area contributed by atoms with Crippen molar-refractivity contribution in [3.8, 4) is 0 Å². The van der Waals surface area contributed by atoms with Crippen molar-refractivity contribution in [1.82, 2.24) is 0 Å². The van der Waals surface area contributed by atoms with Crippen molar-refractivity contribution in [3.63, 3.8) is 0 Å². The molecule has 3 N–H and O–H groups in total. The third-order valence-corrected chi connectivity index (χ3v) is 3.54. The van der Waals surface area contributed by atoms with E-state index in [0.717, 1.165) is 29.1 Å². The molecule has 5 heteroatoms. The number of nitrogens with zero attached hydrogens (tertiary/aromatic N) is 1. The molecular formula is C17H21ClIN3. The normalized spacial score (nSPS) is 10.9. The maximum absolute atomic E-state index is 6.11. The summed E-state index contributed by atoms with van der Waals surface area (Å²) in [4.78, 5) is 4.33. The van der Waals surface area contributed by atoms with Crippen LogP contribution in [0.15, 0.2) is 53.5 Å². The van der Waals surface area contributed by atoms with Crippen LogP contribution in [0.1, 0.15) is 17.5 Å². The molecule has 0 aliphatic rings. The largest absolute Gasteiger partial charge is 0.370 e. The fourth-order valence-electron chi connectivity index (χ4n) is 1.99. The first-order chi connectivity index (χ1) is 10.1. The number of halogens is 2. The number of nitrogens with one attached hydrogen (secondary N) is 1. The van der Waals surface area contributed by atoms with Crippen molar-refractivity contribution in [2.24, 2.45) is 10.7 Å². The molecular weight excluding hydrogens is 409 g/mol. The van der Waals surface area contributed by atoms with Crippen LogP contribution in [0.2, 0.25) is 5.02 Å². The molecule has 0 saturated heterocycles. The molecule has 0 aromatic heterocycles. The Hall–Kier alpha value is -1.27. The minimum absolute atomic E-state index is 0. The van der Waals surface area contributed by atoms with Gasteiger partial charge in [-0.05, 0) is 43.5 Å². The fraction of sp³-hybridized carbons (Fsp3) is 0.235. The van der Waals surface area contributed by atoms with Crippen molar-refractivity contribution in [1.29, 1.82) is 0 Å². The predicted octanol–water partition coefficient (Wildman–Crippen LogP) is 4.63. The number of rotatable bonds is 5. The molecule has 0 spiro atoms. The number of benzene rings is 2. The Morgan fingerprint density at radius 2 is 1.82 bits per heavy atom. The summed E-state index contributed by atoms with van der Waals surface area (Å²) in [5.41, 5.74) is 9.19. The minimum atomic E-state index is 0. The fourth-order valence-corrected chi connectivity index (χ4v) is 2.22. The molecule has 0 amide bonds. The van der Waals surface area contributed by atoms with Crippen LogP contribution >= 0.6 is 35.6 Å². The van der Waals surface area contributed by atoms with E-state index in [1.54, 1.807) is 0 Å². The van der Waals surface area contributed by atoms with Gasteiger partial charge in [0.1, 0.15) is 0 Å². The summed E-state index contributed by atoms with van der Waals surface area (Å²) in [7, 11) is 0. The second kappa shape index (κ2) is 9.69. The van der Waals surface area contributed by atoms with Gasteiger partial charge in [0, 0.05) is 17.3 Å². The van der Waals surface area contributed by atoms with Gasteiger partial charge in [0.05, 0.1) is 0 Å². The van der Waals surface area contributed by atoms with Gasteiger partial charge in [0.2, 0.25) is 0 Å². The Balaban J connectivity index is 0.00000242. The second-order valence-corrected chi connectivity index (χ2v) is 5.36. The van der Waals surface area contributed by atoms with Gasteiger partial charge in [-0.1, -0.05) is 47.5 Å². The van der Waals surface area contributed by atoms with Gasteiger partial charge in [0.25, 0.3) is 0 Å². The minimum Gasteiger partial charge on any atom is -0.370 e. The average molecular weight is 430 g/mol. The summed E-state index contributed by atoms with van der Waals surface area (Å²) in [6, 6.07) is 15.9. The maximum atomic E-state index is 6.11. The Morgan fingerprint density at radius 1 is 1.14 bits per heavy atom. The standard InChI is InChI=1S/C17H20ClN3.HI/c1-13-8-10-15(11-9-13)21-17(19)20-12-4-6-14-5-2-3-7-16(14)18;/h2-3,5,7-11H,4,6,12H2,1H3,(H3,19,20,21);1H. The third kappa shape index (κ3) is 6.23. The van der Waals surface area contributed by atoms with E-state index in [4.69, 9.17) is 17.3 Å². The second-order valence-electron chi connectivity index (χ2n) is 4.95. The lowest BCUT2D eigenvalue weighted by atomic mass is 10.1. The van der Waals surface area contributed by atoms with E-state index >= 15 is 0 Å². The molecule has 0 heterocycles. The summed E-state index contributed by atoms with van der Waals surface area (Å²) in [5, 5.41) is 3.89. The molecule has 0 unspecified atom stereocenters. The zero-order valence-corrected chi connectivity index (χ0v) is 15.6. The summed E-state index contributed by atoms with van der Waals surface area (Å²) in [5.74, 6) is 0.443. The Kier molecular flexibility index (Phi) is 8.27. The molecule has 2 rings (SSSR count). The summed E-state index contributed by atoms with van der Waals surface area (Å²) < 4.78 is 0. The van der Waals surface area contributed by atoms with E-state index in [2.05, 4.69) is 17.2 Å². The lowest BCUT2D eigenvalue weighted by Crippen LogP contribution is -2.22. The van der Waals surface area contributed by atoms with Crippen molar-refractivity contribution < 1.29 is 0 Å². The summed E-state index contributed by atoms with van der Waals surface area (Å²) >= 11 is 6.11. The number of guanidine groups is 1. The van der Waals surface area contributed by atoms with E-state index in [1.807, 2.05) is 48.5 Å². The van der Waals surface area contributed by atoms with Gasteiger partial charge in [-0.15, -0.1) is 24.0 Å². The van der Waals surface area contributed by atoms with Crippen LogP contribution in [0.4, 0.5) is 5.69 Å². The Morgan fingerprint density at radius 3 is 2.50 bits per heavy atom. The van der Waals surface area contributed by atoms with Crippen LogP contribution in [0.5, 0.6) is 0 Å². The molecule has 2 aromatic carbocycles. The van der Waals surface area contributed by atoms with Crippen LogP contribution in [0.25, 0.3) is 0 Å². The molecule has 0 saturated carbocycles. The zero-order valence-electron chi connectivity index (χ0n) is 12.6. The van der Waals surface area contributed by atoms with Gasteiger partial charge in [-0.2, -0.15) is 0 Å².